The lowest BCUT2D eigenvalue weighted by atomic mass is 10.1. The molecule has 0 aliphatic rings. The van der Waals surface area contributed by atoms with Gasteiger partial charge >= 0.3 is 0 Å². The molecule has 39 heavy (non-hydrogen) atoms. The van der Waals surface area contributed by atoms with Gasteiger partial charge in [0.15, 0.2) is 0 Å². The Hall–Kier alpha value is -3.56. The van der Waals surface area contributed by atoms with Crippen molar-refractivity contribution in [3.8, 4) is 5.75 Å². The van der Waals surface area contributed by atoms with E-state index in [-0.39, 0.29) is 23.0 Å². The van der Waals surface area contributed by atoms with E-state index in [0.29, 0.717) is 22.9 Å². The number of hydrogen-bond donors (Lipinski definition) is 1. The molecule has 0 aliphatic carbocycles. The van der Waals surface area contributed by atoms with Crippen LogP contribution in [0.3, 0.4) is 0 Å². The molecule has 1 atom stereocenters. The molecule has 0 spiro atoms. The van der Waals surface area contributed by atoms with Gasteiger partial charge in [0.25, 0.3) is 10.0 Å². The summed E-state index contributed by atoms with van der Waals surface area (Å²) in [7, 11) is -2.76. The van der Waals surface area contributed by atoms with Gasteiger partial charge in [-0.1, -0.05) is 47.5 Å². The number of hydrogen-bond acceptors (Lipinski definition) is 5. The first-order chi connectivity index (χ1) is 18.5. The summed E-state index contributed by atoms with van der Waals surface area (Å²) >= 11 is 6.17. The van der Waals surface area contributed by atoms with Crippen molar-refractivity contribution < 1.29 is 22.7 Å². The second kappa shape index (κ2) is 13.0. The topological polar surface area (TPSA) is 96.0 Å². The number of anilines is 1. The maximum absolute atomic E-state index is 14.0. The summed E-state index contributed by atoms with van der Waals surface area (Å²) < 4.78 is 34.5. The Balaban J connectivity index is 2.10. The summed E-state index contributed by atoms with van der Waals surface area (Å²) in [6.07, 6.45) is 0. The van der Waals surface area contributed by atoms with Gasteiger partial charge in [0.1, 0.15) is 18.3 Å². The van der Waals surface area contributed by atoms with E-state index in [2.05, 4.69) is 5.32 Å². The van der Waals surface area contributed by atoms with Gasteiger partial charge in [0.2, 0.25) is 11.8 Å². The number of amides is 2. The van der Waals surface area contributed by atoms with Gasteiger partial charge in [-0.15, -0.1) is 0 Å². The van der Waals surface area contributed by atoms with Crippen molar-refractivity contribution in [1.82, 2.24) is 10.2 Å². The van der Waals surface area contributed by atoms with Crippen LogP contribution in [0.1, 0.15) is 30.5 Å². The Labute approximate surface area is 235 Å². The van der Waals surface area contributed by atoms with Crippen LogP contribution in [0.4, 0.5) is 5.69 Å². The molecule has 0 fully saturated rings. The molecule has 0 radical (unpaired) electrons. The zero-order valence-electron chi connectivity index (χ0n) is 22.8. The highest BCUT2D eigenvalue weighted by atomic mass is 35.5. The number of carbonyl (C=O) groups is 2. The van der Waals surface area contributed by atoms with Crippen LogP contribution in [0, 0.1) is 13.8 Å². The number of halogens is 1. The van der Waals surface area contributed by atoms with Crippen molar-refractivity contribution in [2.24, 2.45) is 0 Å². The molecule has 0 unspecified atom stereocenters. The summed E-state index contributed by atoms with van der Waals surface area (Å²) in [6.45, 7) is 6.97. The van der Waals surface area contributed by atoms with Crippen LogP contribution in [0.5, 0.6) is 5.75 Å². The maximum atomic E-state index is 14.0. The Morgan fingerprint density at radius 1 is 1.00 bits per heavy atom. The molecule has 208 valence electrons. The minimum absolute atomic E-state index is 0.0302. The molecule has 0 saturated carbocycles. The molecule has 8 nitrogen and oxygen atoms in total. The molecular weight excluding hydrogens is 538 g/mol. The number of aryl methyl sites for hydroxylation is 2. The first-order valence-corrected chi connectivity index (χ1v) is 14.4. The number of ether oxygens (including phenoxy) is 1. The number of methoxy groups -OCH3 is 1. The van der Waals surface area contributed by atoms with Crippen LogP contribution in [0.15, 0.2) is 71.6 Å². The lowest BCUT2D eigenvalue weighted by Crippen LogP contribution is -2.51. The number of nitrogens with one attached hydrogen (secondary N) is 1. The standard InChI is InChI=1S/C29H34ClN3O5S/c1-6-31-29(35)22(4)32(18-23-8-7-9-24(30)17-23)28(34)19-33(26-16-21(3)12-15-27(26)38-5)39(36,37)25-13-10-20(2)11-14-25/h7-17,22H,6,18-19H2,1-5H3,(H,31,35)/t22-/m0/s1. The van der Waals surface area contributed by atoms with Crippen molar-refractivity contribution in [3.05, 3.63) is 88.4 Å². The highest BCUT2D eigenvalue weighted by Crippen LogP contribution is 2.34. The summed E-state index contributed by atoms with van der Waals surface area (Å²) in [5.74, 6) is -0.621. The van der Waals surface area contributed by atoms with Crippen molar-refractivity contribution >= 4 is 39.1 Å². The first-order valence-electron chi connectivity index (χ1n) is 12.5. The van der Waals surface area contributed by atoms with Crippen LogP contribution in [0.2, 0.25) is 5.02 Å². The van der Waals surface area contributed by atoms with Crippen LogP contribution >= 0.6 is 11.6 Å². The second-order valence-corrected chi connectivity index (χ2v) is 11.5. The molecule has 10 heteroatoms. The van der Waals surface area contributed by atoms with Gasteiger partial charge in [-0.3, -0.25) is 13.9 Å². The quantitative estimate of drug-likeness (QED) is 0.359. The third kappa shape index (κ3) is 7.30. The summed E-state index contributed by atoms with van der Waals surface area (Å²) in [5, 5.41) is 3.22. The largest absolute Gasteiger partial charge is 0.495 e. The van der Waals surface area contributed by atoms with Crippen molar-refractivity contribution in [1.29, 1.82) is 0 Å². The van der Waals surface area contributed by atoms with Gasteiger partial charge in [-0.05, 0) is 75.2 Å². The molecule has 0 saturated heterocycles. The summed E-state index contributed by atoms with van der Waals surface area (Å²) in [6, 6.07) is 17.6. The van der Waals surface area contributed by atoms with Gasteiger partial charge in [-0.2, -0.15) is 0 Å². The number of carbonyl (C=O) groups excluding carboxylic acids is 2. The predicted molar refractivity (Wildman–Crippen MR) is 154 cm³/mol. The molecule has 3 aromatic carbocycles. The Morgan fingerprint density at radius 2 is 1.67 bits per heavy atom. The van der Waals surface area contributed by atoms with Crippen molar-refractivity contribution in [2.75, 3.05) is 24.5 Å². The van der Waals surface area contributed by atoms with E-state index in [4.69, 9.17) is 16.3 Å². The van der Waals surface area contributed by atoms with E-state index in [1.165, 1.54) is 24.1 Å². The average molecular weight is 572 g/mol. The van der Waals surface area contributed by atoms with E-state index in [9.17, 15) is 18.0 Å². The highest BCUT2D eigenvalue weighted by Gasteiger charge is 2.33. The van der Waals surface area contributed by atoms with E-state index in [0.717, 1.165) is 15.4 Å². The van der Waals surface area contributed by atoms with Gasteiger partial charge in [-0.25, -0.2) is 8.42 Å². The zero-order chi connectivity index (χ0) is 28.7. The molecule has 3 rings (SSSR count). The fourth-order valence-electron chi connectivity index (χ4n) is 4.08. The minimum atomic E-state index is -4.20. The SMILES string of the molecule is CCNC(=O)[C@H](C)N(Cc1cccc(Cl)c1)C(=O)CN(c1cc(C)ccc1OC)S(=O)(=O)c1ccc(C)cc1. The first kappa shape index (κ1) is 30.0. The summed E-state index contributed by atoms with van der Waals surface area (Å²) in [5.41, 5.74) is 2.61. The Bertz CT molecular complexity index is 1430. The molecular formula is C29H34ClN3O5S. The third-order valence-electron chi connectivity index (χ3n) is 6.25. The molecule has 0 aliphatic heterocycles. The molecule has 3 aromatic rings. The Kier molecular flexibility index (Phi) is 9.99. The van der Waals surface area contributed by atoms with Crippen LogP contribution in [0.25, 0.3) is 0 Å². The maximum Gasteiger partial charge on any atom is 0.264 e. The molecule has 0 bridgehead atoms. The number of benzene rings is 3. The normalized spacial score (nSPS) is 11.9. The second-order valence-electron chi connectivity index (χ2n) is 9.22. The third-order valence-corrected chi connectivity index (χ3v) is 8.26. The van der Waals surface area contributed by atoms with Gasteiger partial charge in [0.05, 0.1) is 17.7 Å². The molecule has 1 N–H and O–H groups in total. The number of sulfonamides is 1. The molecule has 0 heterocycles. The number of rotatable bonds is 11. The summed E-state index contributed by atoms with van der Waals surface area (Å²) in [4.78, 5) is 28.2. The van der Waals surface area contributed by atoms with E-state index in [1.54, 1.807) is 68.4 Å². The fourth-order valence-corrected chi connectivity index (χ4v) is 5.71. The van der Waals surface area contributed by atoms with Crippen LogP contribution in [-0.4, -0.2) is 51.4 Å². The lowest BCUT2D eigenvalue weighted by molar-refractivity contribution is -0.139. The molecule has 0 aromatic heterocycles. The smallest absolute Gasteiger partial charge is 0.264 e. The van der Waals surface area contributed by atoms with Crippen LogP contribution < -0.4 is 14.4 Å². The van der Waals surface area contributed by atoms with Crippen LogP contribution in [-0.2, 0) is 26.2 Å². The predicted octanol–water partition coefficient (Wildman–Crippen LogP) is 4.71. The number of likely N-dealkylation sites (N-methyl/N-ethyl adjacent to an activating group) is 1. The number of nitrogens with zero attached hydrogens (tertiary/aromatic N) is 2. The lowest BCUT2D eigenvalue weighted by Gasteiger charge is -2.32. The van der Waals surface area contributed by atoms with Gasteiger partial charge in [0, 0.05) is 18.1 Å². The average Bonchev–Trinajstić information content (AvgIpc) is 2.90. The van der Waals surface area contributed by atoms with Gasteiger partial charge < -0.3 is 15.0 Å². The molecule has 2 amide bonds. The highest BCUT2D eigenvalue weighted by molar-refractivity contribution is 7.92. The van der Waals surface area contributed by atoms with E-state index < -0.39 is 28.5 Å². The van der Waals surface area contributed by atoms with E-state index >= 15 is 0 Å². The zero-order valence-corrected chi connectivity index (χ0v) is 24.3. The fraction of sp³-hybridized carbons (Fsp3) is 0.310. The van der Waals surface area contributed by atoms with Crippen molar-refractivity contribution in [2.45, 2.75) is 45.2 Å². The minimum Gasteiger partial charge on any atom is -0.495 e. The monoisotopic (exact) mass is 571 g/mol. The van der Waals surface area contributed by atoms with Crippen molar-refractivity contribution in [3.63, 3.8) is 0 Å². The van der Waals surface area contributed by atoms with E-state index in [1.807, 2.05) is 13.8 Å². The Morgan fingerprint density at radius 3 is 2.28 bits per heavy atom.